The molecule has 3 heterocycles. The molecule has 0 radical (unpaired) electrons. The lowest BCUT2D eigenvalue weighted by Gasteiger charge is -2.26. The van der Waals surface area contributed by atoms with E-state index in [1.54, 1.807) is 16.5 Å². The van der Waals surface area contributed by atoms with Crippen molar-refractivity contribution in [2.24, 2.45) is 4.99 Å². The summed E-state index contributed by atoms with van der Waals surface area (Å²) in [5.74, 6) is -0.783. The lowest BCUT2D eigenvalue weighted by atomic mass is 10.0. The Morgan fingerprint density at radius 2 is 1.78 bits per heavy atom. The molecule has 1 fully saturated rings. The lowest BCUT2D eigenvalue weighted by Crippen LogP contribution is -2.31. The Balaban J connectivity index is 1.52. The molecule has 2 aliphatic rings. The standard InChI is InChI=1S/C23H22F2N4O3/c1-13-20(30)21(31)23(32-13)29-11-18(14-5-3-2-4-6-14)19-10-28(12-26-22(19)29)27-17-8-15(24)7-16(25)9-17/h2-9,11-13,20-21,23,27,30-31H,10H2,1H3/t13-,20-,21-,23-/m1/s1. The van der Waals surface area contributed by atoms with Gasteiger partial charge < -0.3 is 19.5 Å². The normalized spacial score (nSPS) is 24.6. The van der Waals surface area contributed by atoms with Gasteiger partial charge in [-0.25, -0.2) is 13.8 Å². The summed E-state index contributed by atoms with van der Waals surface area (Å²) in [6.45, 7) is 2.05. The summed E-state index contributed by atoms with van der Waals surface area (Å²) in [6.07, 6.45) is -0.0699. The zero-order valence-corrected chi connectivity index (χ0v) is 17.2. The summed E-state index contributed by atoms with van der Waals surface area (Å²) in [6, 6.07) is 12.9. The first kappa shape index (κ1) is 20.6. The van der Waals surface area contributed by atoms with Crippen molar-refractivity contribution in [1.29, 1.82) is 0 Å². The van der Waals surface area contributed by atoms with Crippen molar-refractivity contribution < 1.29 is 23.7 Å². The number of aliphatic hydroxyl groups is 2. The molecule has 0 saturated carbocycles. The number of anilines is 1. The maximum absolute atomic E-state index is 13.6. The minimum absolute atomic E-state index is 0.254. The second kappa shape index (κ2) is 8.01. The molecular weight excluding hydrogens is 418 g/mol. The number of halogens is 2. The molecule has 0 spiro atoms. The molecule has 7 nitrogen and oxygen atoms in total. The number of hydrazine groups is 1. The molecule has 0 amide bonds. The first-order chi connectivity index (χ1) is 15.4. The zero-order valence-electron chi connectivity index (χ0n) is 17.2. The van der Waals surface area contributed by atoms with E-state index < -0.39 is 36.2 Å². The van der Waals surface area contributed by atoms with Crippen molar-refractivity contribution in [3.63, 3.8) is 0 Å². The number of aliphatic imine (C=N–C) groups is 1. The number of hydrogen-bond donors (Lipinski definition) is 3. The number of nitrogens with zero attached hydrogens (tertiary/aromatic N) is 3. The summed E-state index contributed by atoms with van der Waals surface area (Å²) in [4.78, 5) is 4.53. The number of nitrogens with one attached hydrogen (secondary N) is 1. The van der Waals surface area contributed by atoms with E-state index in [1.165, 1.54) is 18.5 Å². The van der Waals surface area contributed by atoms with Crippen LogP contribution in [-0.2, 0) is 11.3 Å². The molecule has 2 aromatic carbocycles. The van der Waals surface area contributed by atoms with Gasteiger partial charge in [0.15, 0.2) is 6.23 Å². The number of aliphatic hydroxyl groups excluding tert-OH is 2. The molecule has 32 heavy (non-hydrogen) atoms. The molecular formula is C23H22F2N4O3. The van der Waals surface area contributed by atoms with Crippen LogP contribution in [0.1, 0.15) is 18.7 Å². The van der Waals surface area contributed by atoms with Gasteiger partial charge in [-0.15, -0.1) is 0 Å². The van der Waals surface area contributed by atoms with Crippen LogP contribution in [0.2, 0.25) is 0 Å². The number of rotatable bonds is 4. The minimum Gasteiger partial charge on any atom is -0.388 e. The molecule has 3 aromatic rings. The number of aromatic nitrogens is 1. The summed E-state index contributed by atoms with van der Waals surface area (Å²) in [5.41, 5.74) is 5.87. The third-order valence-electron chi connectivity index (χ3n) is 5.73. The van der Waals surface area contributed by atoms with Crippen molar-refractivity contribution in [3.8, 4) is 11.1 Å². The average molecular weight is 440 g/mol. The molecule has 4 atom stereocenters. The smallest absolute Gasteiger partial charge is 0.164 e. The Morgan fingerprint density at radius 3 is 2.44 bits per heavy atom. The molecule has 5 rings (SSSR count). The van der Waals surface area contributed by atoms with E-state index in [-0.39, 0.29) is 5.69 Å². The summed E-state index contributed by atoms with van der Waals surface area (Å²) in [5, 5.41) is 22.3. The number of hydrogen-bond acceptors (Lipinski definition) is 6. The fourth-order valence-electron chi connectivity index (χ4n) is 4.16. The lowest BCUT2D eigenvalue weighted by molar-refractivity contribution is -0.0308. The molecule has 0 bridgehead atoms. The first-order valence-corrected chi connectivity index (χ1v) is 10.2. The fourth-order valence-corrected chi connectivity index (χ4v) is 4.16. The van der Waals surface area contributed by atoms with Crippen LogP contribution in [0.4, 0.5) is 20.3 Å². The van der Waals surface area contributed by atoms with E-state index in [4.69, 9.17) is 4.74 Å². The Kier molecular flexibility index (Phi) is 5.16. The average Bonchev–Trinajstić information content (AvgIpc) is 3.26. The van der Waals surface area contributed by atoms with Gasteiger partial charge in [0.1, 0.15) is 36.0 Å². The fraction of sp³-hybridized carbons (Fsp3) is 0.261. The van der Waals surface area contributed by atoms with Gasteiger partial charge in [0.25, 0.3) is 0 Å². The molecule has 166 valence electrons. The van der Waals surface area contributed by atoms with Crippen LogP contribution in [-0.4, -0.2) is 44.4 Å². The maximum Gasteiger partial charge on any atom is 0.164 e. The van der Waals surface area contributed by atoms with Crippen LogP contribution in [0.5, 0.6) is 0 Å². The highest BCUT2D eigenvalue weighted by Gasteiger charge is 2.42. The van der Waals surface area contributed by atoms with Crippen LogP contribution in [0.25, 0.3) is 11.1 Å². The van der Waals surface area contributed by atoms with Crippen LogP contribution in [0.15, 0.2) is 59.7 Å². The first-order valence-electron chi connectivity index (χ1n) is 10.2. The third-order valence-corrected chi connectivity index (χ3v) is 5.73. The second-order valence-corrected chi connectivity index (χ2v) is 7.97. The van der Waals surface area contributed by atoms with E-state index in [9.17, 15) is 19.0 Å². The number of benzene rings is 2. The van der Waals surface area contributed by atoms with Crippen molar-refractivity contribution in [2.75, 3.05) is 5.43 Å². The van der Waals surface area contributed by atoms with Crippen molar-refractivity contribution in [3.05, 3.63) is 71.9 Å². The van der Waals surface area contributed by atoms with E-state index in [0.29, 0.717) is 12.4 Å². The van der Waals surface area contributed by atoms with Crippen LogP contribution in [0, 0.1) is 11.6 Å². The second-order valence-electron chi connectivity index (χ2n) is 7.97. The summed E-state index contributed by atoms with van der Waals surface area (Å²) < 4.78 is 34.7. The monoisotopic (exact) mass is 440 g/mol. The molecule has 0 aliphatic carbocycles. The highest BCUT2D eigenvalue weighted by atomic mass is 19.1. The van der Waals surface area contributed by atoms with Crippen molar-refractivity contribution >= 4 is 17.8 Å². The van der Waals surface area contributed by atoms with E-state index in [2.05, 4.69) is 10.4 Å². The van der Waals surface area contributed by atoms with Gasteiger partial charge in [0.2, 0.25) is 0 Å². The molecule has 2 aliphatic heterocycles. The number of ether oxygens (including phenoxy) is 1. The SMILES string of the molecule is C[C@H]1O[C@@H](n2cc(-c3ccccc3)c3c2N=CN(Nc2cc(F)cc(F)c2)C3)[C@H](O)[C@@H]1O. The topological polar surface area (TPSA) is 82.2 Å². The molecule has 3 N–H and O–H groups in total. The van der Waals surface area contributed by atoms with Gasteiger partial charge >= 0.3 is 0 Å². The van der Waals surface area contributed by atoms with Crippen molar-refractivity contribution in [1.82, 2.24) is 9.58 Å². The summed E-state index contributed by atoms with van der Waals surface area (Å²) >= 11 is 0. The quantitative estimate of drug-likeness (QED) is 0.578. The van der Waals surface area contributed by atoms with Crippen LogP contribution < -0.4 is 5.43 Å². The minimum atomic E-state index is -1.10. The highest BCUT2D eigenvalue weighted by molar-refractivity contribution is 5.77. The van der Waals surface area contributed by atoms with Gasteiger partial charge in [0.05, 0.1) is 18.3 Å². The van der Waals surface area contributed by atoms with Gasteiger partial charge in [-0.3, -0.25) is 10.4 Å². The van der Waals surface area contributed by atoms with Crippen molar-refractivity contribution in [2.45, 2.75) is 38.0 Å². The number of fused-ring (bicyclic) bond motifs is 1. The van der Waals surface area contributed by atoms with Gasteiger partial charge in [-0.1, -0.05) is 30.3 Å². The largest absolute Gasteiger partial charge is 0.388 e. The molecule has 1 saturated heterocycles. The molecule has 1 aromatic heterocycles. The van der Waals surface area contributed by atoms with E-state index >= 15 is 0 Å². The predicted octanol–water partition coefficient (Wildman–Crippen LogP) is 3.57. The Morgan fingerprint density at radius 1 is 1.06 bits per heavy atom. The maximum atomic E-state index is 13.6. The van der Waals surface area contributed by atoms with Gasteiger partial charge in [0, 0.05) is 23.4 Å². The Bertz CT molecular complexity index is 1150. The third kappa shape index (κ3) is 3.64. The Labute approximate surface area is 183 Å². The van der Waals surface area contributed by atoms with Crippen LogP contribution in [0.3, 0.4) is 0 Å². The molecule has 9 heteroatoms. The molecule has 0 unspecified atom stereocenters. The van der Waals surface area contributed by atoms with Gasteiger partial charge in [-0.05, 0) is 24.6 Å². The van der Waals surface area contributed by atoms with Crippen LogP contribution >= 0.6 is 0 Å². The Hall–Kier alpha value is -3.27. The predicted molar refractivity (Wildman–Crippen MR) is 115 cm³/mol. The zero-order chi connectivity index (χ0) is 22.4. The van der Waals surface area contributed by atoms with E-state index in [1.807, 2.05) is 36.5 Å². The summed E-state index contributed by atoms with van der Waals surface area (Å²) in [7, 11) is 0. The highest BCUT2D eigenvalue weighted by Crippen LogP contribution is 2.41. The van der Waals surface area contributed by atoms with E-state index in [0.717, 1.165) is 22.8 Å². The van der Waals surface area contributed by atoms with Gasteiger partial charge in [-0.2, -0.15) is 0 Å².